The molecule has 1 aromatic heterocycles. The molecule has 0 unspecified atom stereocenters. The number of allylic oxidation sites excluding steroid dienone is 1. The van der Waals surface area contributed by atoms with Crippen LogP contribution in [-0.2, 0) is 6.54 Å². The van der Waals surface area contributed by atoms with Crippen molar-refractivity contribution in [2.75, 3.05) is 0 Å². The second-order valence-electron chi connectivity index (χ2n) is 3.91. The molecule has 0 atom stereocenters. The Bertz CT molecular complexity index is 538. The zero-order valence-corrected chi connectivity index (χ0v) is 9.76. The first kappa shape index (κ1) is 11.3. The van der Waals surface area contributed by atoms with E-state index in [2.05, 4.69) is 11.7 Å². The molecule has 3 nitrogen and oxygen atoms in total. The third-order valence-electron chi connectivity index (χ3n) is 2.50. The van der Waals surface area contributed by atoms with Gasteiger partial charge in [-0.15, -0.1) is 6.58 Å². The second-order valence-corrected chi connectivity index (χ2v) is 3.91. The van der Waals surface area contributed by atoms with Crippen molar-refractivity contribution in [3.63, 3.8) is 0 Å². The topological polar surface area (TPSA) is 34.9 Å². The zero-order chi connectivity index (χ0) is 12.3. The molecule has 0 radical (unpaired) electrons. The van der Waals surface area contributed by atoms with Gasteiger partial charge in [-0.3, -0.25) is 9.48 Å². The molecule has 3 heteroatoms. The maximum atomic E-state index is 12.1. The number of aromatic nitrogens is 2. The van der Waals surface area contributed by atoms with Gasteiger partial charge in [0.1, 0.15) is 5.69 Å². The standard InChI is InChI=1S/C14H14N2O/c1-3-9-16-10-8-13(15-16)14(17)12-6-4-11(2)5-7-12/h3-8,10H,1,9H2,2H3. The Morgan fingerprint density at radius 3 is 2.71 bits per heavy atom. The highest BCUT2D eigenvalue weighted by Gasteiger charge is 2.11. The first-order valence-electron chi connectivity index (χ1n) is 5.46. The van der Waals surface area contributed by atoms with Crippen LogP contribution in [0.25, 0.3) is 0 Å². The SMILES string of the molecule is C=CCn1ccc(C(=O)c2ccc(C)cc2)n1. The lowest BCUT2D eigenvalue weighted by Gasteiger charge is -1.98. The lowest BCUT2D eigenvalue weighted by molar-refractivity contribution is 0.103. The van der Waals surface area contributed by atoms with Gasteiger partial charge < -0.3 is 0 Å². The van der Waals surface area contributed by atoms with Gasteiger partial charge in [-0.25, -0.2) is 0 Å². The van der Waals surface area contributed by atoms with Crippen LogP contribution < -0.4 is 0 Å². The molecule has 0 aliphatic carbocycles. The Morgan fingerprint density at radius 2 is 2.06 bits per heavy atom. The molecule has 0 aliphatic rings. The van der Waals surface area contributed by atoms with E-state index in [9.17, 15) is 4.79 Å². The van der Waals surface area contributed by atoms with Gasteiger partial charge in [0.05, 0.1) is 6.54 Å². The van der Waals surface area contributed by atoms with Gasteiger partial charge >= 0.3 is 0 Å². The maximum Gasteiger partial charge on any atom is 0.213 e. The molecule has 1 heterocycles. The molecule has 0 fully saturated rings. The van der Waals surface area contributed by atoms with Crippen molar-refractivity contribution in [2.45, 2.75) is 13.5 Å². The largest absolute Gasteiger partial charge is 0.287 e. The van der Waals surface area contributed by atoms with Crippen LogP contribution in [0.3, 0.4) is 0 Å². The van der Waals surface area contributed by atoms with Crippen LogP contribution in [0.4, 0.5) is 0 Å². The average molecular weight is 226 g/mol. The summed E-state index contributed by atoms with van der Waals surface area (Å²) in [6.45, 7) is 6.24. The van der Waals surface area contributed by atoms with E-state index < -0.39 is 0 Å². The monoisotopic (exact) mass is 226 g/mol. The van der Waals surface area contributed by atoms with Crippen molar-refractivity contribution in [1.82, 2.24) is 9.78 Å². The zero-order valence-electron chi connectivity index (χ0n) is 9.76. The Morgan fingerprint density at radius 1 is 1.35 bits per heavy atom. The minimum atomic E-state index is -0.0483. The molecule has 2 rings (SSSR count). The summed E-state index contributed by atoms with van der Waals surface area (Å²) in [4.78, 5) is 12.1. The van der Waals surface area contributed by atoms with Crippen LogP contribution in [0.15, 0.2) is 49.2 Å². The van der Waals surface area contributed by atoms with Crippen molar-refractivity contribution >= 4 is 5.78 Å². The van der Waals surface area contributed by atoms with E-state index >= 15 is 0 Å². The summed E-state index contributed by atoms with van der Waals surface area (Å²) in [5.41, 5.74) is 2.27. The highest BCUT2D eigenvalue weighted by Crippen LogP contribution is 2.09. The van der Waals surface area contributed by atoms with Gasteiger partial charge in [0.25, 0.3) is 0 Å². The first-order valence-corrected chi connectivity index (χ1v) is 5.46. The van der Waals surface area contributed by atoms with Crippen molar-refractivity contribution in [3.05, 3.63) is 66.0 Å². The van der Waals surface area contributed by atoms with Gasteiger partial charge in [-0.2, -0.15) is 5.10 Å². The van der Waals surface area contributed by atoms with E-state index in [4.69, 9.17) is 0 Å². The molecule has 17 heavy (non-hydrogen) atoms. The number of carbonyl (C=O) groups is 1. The summed E-state index contributed by atoms with van der Waals surface area (Å²) >= 11 is 0. The molecule has 0 spiro atoms. The van der Waals surface area contributed by atoms with Crippen LogP contribution in [-0.4, -0.2) is 15.6 Å². The van der Waals surface area contributed by atoms with Crippen LogP contribution >= 0.6 is 0 Å². The van der Waals surface area contributed by atoms with Gasteiger partial charge in [0.15, 0.2) is 0 Å². The predicted octanol–water partition coefficient (Wildman–Crippen LogP) is 2.61. The summed E-state index contributed by atoms with van der Waals surface area (Å²) in [7, 11) is 0. The van der Waals surface area contributed by atoms with Gasteiger partial charge in [0.2, 0.25) is 5.78 Å². The van der Waals surface area contributed by atoms with E-state index in [1.165, 1.54) is 0 Å². The molecule has 86 valence electrons. The molecule has 0 N–H and O–H groups in total. The summed E-state index contributed by atoms with van der Waals surface area (Å²) in [6.07, 6.45) is 3.52. The molecule has 0 bridgehead atoms. The third kappa shape index (κ3) is 2.50. The average Bonchev–Trinajstić information content (AvgIpc) is 2.78. The normalized spacial score (nSPS) is 10.2. The Kier molecular flexibility index (Phi) is 3.19. The molecular weight excluding hydrogens is 212 g/mol. The smallest absolute Gasteiger partial charge is 0.213 e. The van der Waals surface area contributed by atoms with Gasteiger partial charge in [-0.05, 0) is 13.0 Å². The Balaban J connectivity index is 2.24. The van der Waals surface area contributed by atoms with Crippen LogP contribution in [0.1, 0.15) is 21.6 Å². The summed E-state index contributed by atoms with van der Waals surface area (Å²) < 4.78 is 1.69. The highest BCUT2D eigenvalue weighted by molar-refractivity contribution is 6.07. The van der Waals surface area contributed by atoms with E-state index in [1.807, 2.05) is 31.2 Å². The minimum absolute atomic E-state index is 0.0483. The number of rotatable bonds is 4. The van der Waals surface area contributed by atoms with E-state index in [0.717, 1.165) is 5.56 Å². The Hall–Kier alpha value is -2.16. The van der Waals surface area contributed by atoms with Crippen LogP contribution in [0.5, 0.6) is 0 Å². The number of carbonyl (C=O) groups excluding carboxylic acids is 1. The fourth-order valence-corrected chi connectivity index (χ4v) is 1.57. The molecule has 1 aromatic carbocycles. The highest BCUT2D eigenvalue weighted by atomic mass is 16.1. The minimum Gasteiger partial charge on any atom is -0.287 e. The Labute approximate surface area is 100 Å². The van der Waals surface area contributed by atoms with E-state index in [1.54, 1.807) is 23.0 Å². The second kappa shape index (κ2) is 4.78. The summed E-state index contributed by atoms with van der Waals surface area (Å²) in [5, 5.41) is 4.19. The number of hydrogen-bond acceptors (Lipinski definition) is 2. The third-order valence-corrected chi connectivity index (χ3v) is 2.50. The van der Waals surface area contributed by atoms with Gasteiger partial charge in [0, 0.05) is 11.8 Å². The predicted molar refractivity (Wildman–Crippen MR) is 67.0 cm³/mol. The molecule has 2 aromatic rings. The fraction of sp³-hybridized carbons (Fsp3) is 0.143. The number of nitrogens with zero attached hydrogens (tertiary/aromatic N) is 2. The number of aryl methyl sites for hydroxylation is 1. The van der Waals surface area contributed by atoms with Crippen molar-refractivity contribution in [1.29, 1.82) is 0 Å². The molecule has 0 aliphatic heterocycles. The van der Waals surface area contributed by atoms with Gasteiger partial charge in [-0.1, -0.05) is 35.9 Å². The van der Waals surface area contributed by atoms with E-state index in [0.29, 0.717) is 17.8 Å². The summed E-state index contributed by atoms with van der Waals surface area (Å²) in [6, 6.07) is 9.22. The van der Waals surface area contributed by atoms with E-state index in [-0.39, 0.29) is 5.78 Å². The van der Waals surface area contributed by atoms with Crippen LogP contribution in [0.2, 0.25) is 0 Å². The number of benzene rings is 1. The summed E-state index contributed by atoms with van der Waals surface area (Å²) in [5.74, 6) is -0.0483. The number of hydrogen-bond donors (Lipinski definition) is 0. The molecule has 0 saturated heterocycles. The first-order chi connectivity index (χ1) is 8.20. The fourth-order valence-electron chi connectivity index (χ4n) is 1.57. The van der Waals surface area contributed by atoms with Crippen molar-refractivity contribution in [2.24, 2.45) is 0 Å². The lowest BCUT2D eigenvalue weighted by Crippen LogP contribution is -2.04. The number of ketones is 1. The molecule has 0 saturated carbocycles. The van der Waals surface area contributed by atoms with Crippen LogP contribution in [0, 0.1) is 6.92 Å². The quantitative estimate of drug-likeness (QED) is 0.593. The lowest BCUT2D eigenvalue weighted by atomic mass is 10.1. The van der Waals surface area contributed by atoms with Crippen molar-refractivity contribution < 1.29 is 4.79 Å². The maximum absolute atomic E-state index is 12.1. The molecular formula is C14H14N2O. The van der Waals surface area contributed by atoms with Crippen molar-refractivity contribution in [3.8, 4) is 0 Å². The molecule has 0 amide bonds.